The van der Waals surface area contributed by atoms with Crippen LogP contribution in [0.25, 0.3) is 24.3 Å². The van der Waals surface area contributed by atoms with E-state index in [4.69, 9.17) is 0 Å². The van der Waals surface area contributed by atoms with Gasteiger partial charge in [0.1, 0.15) is 0 Å². The third-order valence-electron chi connectivity index (χ3n) is 9.01. The molecule has 46 heavy (non-hydrogen) atoms. The molecule has 3 aromatic rings. The van der Waals surface area contributed by atoms with Gasteiger partial charge in [0, 0.05) is 9.75 Å². The largest absolute Gasteiger partial charge is 0.129 e. The summed E-state index contributed by atoms with van der Waals surface area (Å²) in [6.07, 6.45) is 39.3. The van der Waals surface area contributed by atoms with E-state index in [2.05, 4.69) is 106 Å². The van der Waals surface area contributed by atoms with Crippen LogP contribution in [0.2, 0.25) is 0 Å². The molecule has 4 heteroatoms. The van der Waals surface area contributed by atoms with Crippen LogP contribution in [0.1, 0.15) is 174 Å². The first-order valence-electron chi connectivity index (χ1n) is 18.6. The highest BCUT2D eigenvalue weighted by atomic mass is 79.9. The van der Waals surface area contributed by atoms with Crippen molar-refractivity contribution in [3.05, 3.63) is 76.0 Å². The van der Waals surface area contributed by atoms with Gasteiger partial charge in [0.15, 0.2) is 0 Å². The minimum Gasteiger partial charge on any atom is -0.129 e. The van der Waals surface area contributed by atoms with E-state index in [1.54, 1.807) is 0 Å². The van der Waals surface area contributed by atoms with Gasteiger partial charge in [-0.25, -0.2) is 0 Å². The van der Waals surface area contributed by atoms with Gasteiger partial charge < -0.3 is 0 Å². The van der Waals surface area contributed by atoms with Crippen molar-refractivity contribution in [1.82, 2.24) is 0 Å². The molecular formula is C42H60Br2S2. The van der Waals surface area contributed by atoms with Crippen molar-refractivity contribution in [1.29, 1.82) is 0 Å². The molecule has 0 unspecified atom stereocenters. The van der Waals surface area contributed by atoms with Crippen molar-refractivity contribution >= 4 is 78.8 Å². The summed E-state index contributed by atoms with van der Waals surface area (Å²) in [5.74, 6) is 0. The van der Waals surface area contributed by atoms with Crippen molar-refractivity contribution in [2.45, 2.75) is 155 Å². The molecule has 0 fully saturated rings. The Balaban J connectivity index is 1.39. The Bertz CT molecular complexity index is 1150. The van der Waals surface area contributed by atoms with E-state index >= 15 is 0 Å². The summed E-state index contributed by atoms with van der Waals surface area (Å²) in [6.45, 7) is 4.59. The fraction of sp³-hybridized carbons (Fsp3) is 0.571. The third-order valence-corrected chi connectivity index (χ3v) is 12.3. The molecule has 1 aromatic carbocycles. The molecule has 2 aromatic heterocycles. The van der Waals surface area contributed by atoms with Crippen LogP contribution in [0.3, 0.4) is 0 Å². The molecule has 0 N–H and O–H groups in total. The second-order valence-electron chi connectivity index (χ2n) is 13.1. The number of hydrogen-bond acceptors (Lipinski definition) is 2. The Morgan fingerprint density at radius 3 is 1.07 bits per heavy atom. The summed E-state index contributed by atoms with van der Waals surface area (Å²) in [7, 11) is 0. The van der Waals surface area contributed by atoms with Crippen molar-refractivity contribution in [3.63, 3.8) is 0 Å². The highest BCUT2D eigenvalue weighted by molar-refractivity contribution is 9.11. The van der Waals surface area contributed by atoms with Crippen molar-refractivity contribution in [2.24, 2.45) is 0 Å². The van der Waals surface area contributed by atoms with Crippen LogP contribution in [0.15, 0.2) is 44.0 Å². The minimum absolute atomic E-state index is 1.18. The van der Waals surface area contributed by atoms with E-state index in [-0.39, 0.29) is 0 Å². The standard InChI is InChI=1S/C42H60Br2S2/c1-3-5-7-9-11-13-15-17-19-21-23-37-33-41(43)45-39(37)31-29-35-25-27-36(28-26-35)30-32-40-38(34-42(44)46-40)24-22-20-18-16-14-12-10-8-6-4-2/h25-34H,3-24H2,1-2H3/b31-29+,32-30+. The van der Waals surface area contributed by atoms with Crippen molar-refractivity contribution < 1.29 is 0 Å². The predicted molar refractivity (Wildman–Crippen MR) is 219 cm³/mol. The summed E-state index contributed by atoms with van der Waals surface area (Å²) in [5, 5.41) is 0. The smallest absolute Gasteiger partial charge is 0.0707 e. The van der Waals surface area contributed by atoms with Crippen LogP contribution < -0.4 is 0 Å². The molecule has 0 aliphatic heterocycles. The topological polar surface area (TPSA) is 0 Å². The van der Waals surface area contributed by atoms with Crippen LogP contribution in [0.5, 0.6) is 0 Å². The molecule has 0 amide bonds. The first-order chi connectivity index (χ1) is 22.6. The maximum absolute atomic E-state index is 3.74. The molecule has 2 heterocycles. The van der Waals surface area contributed by atoms with Gasteiger partial charge in [-0.05, 0) is 104 Å². The van der Waals surface area contributed by atoms with Crippen molar-refractivity contribution in [2.75, 3.05) is 0 Å². The van der Waals surface area contributed by atoms with Gasteiger partial charge in [-0.1, -0.05) is 166 Å². The van der Waals surface area contributed by atoms with Gasteiger partial charge in [-0.15, -0.1) is 22.7 Å². The average Bonchev–Trinajstić information content (AvgIpc) is 3.61. The Hall–Kier alpha value is -0.940. The second-order valence-corrected chi connectivity index (χ2v) is 18.0. The molecule has 0 saturated heterocycles. The number of benzene rings is 1. The predicted octanol–water partition coefficient (Wildman–Crippen LogP) is 16.6. The molecule has 0 nitrogen and oxygen atoms in total. The van der Waals surface area contributed by atoms with E-state index in [1.807, 2.05) is 22.7 Å². The zero-order valence-electron chi connectivity index (χ0n) is 28.9. The molecule has 0 spiro atoms. The number of rotatable bonds is 26. The van der Waals surface area contributed by atoms with E-state index in [9.17, 15) is 0 Å². The maximum Gasteiger partial charge on any atom is 0.0707 e. The summed E-state index contributed by atoms with van der Waals surface area (Å²) < 4.78 is 2.48. The lowest BCUT2D eigenvalue weighted by molar-refractivity contribution is 0.556. The first kappa shape index (κ1) is 39.5. The molecule has 0 saturated carbocycles. The molecule has 0 atom stereocenters. The van der Waals surface area contributed by atoms with Gasteiger partial charge >= 0.3 is 0 Å². The van der Waals surface area contributed by atoms with Crippen LogP contribution >= 0.6 is 54.5 Å². The van der Waals surface area contributed by atoms with Crippen LogP contribution in [0, 0.1) is 0 Å². The summed E-state index contributed by atoms with van der Waals surface area (Å²) in [5.41, 5.74) is 5.49. The first-order valence-corrected chi connectivity index (χ1v) is 21.8. The fourth-order valence-corrected chi connectivity index (χ4v) is 9.43. The van der Waals surface area contributed by atoms with Crippen LogP contribution in [0.4, 0.5) is 0 Å². The van der Waals surface area contributed by atoms with E-state index in [0.29, 0.717) is 0 Å². The van der Waals surface area contributed by atoms with Crippen molar-refractivity contribution in [3.8, 4) is 0 Å². The minimum atomic E-state index is 1.18. The number of halogens is 2. The van der Waals surface area contributed by atoms with Gasteiger partial charge in [0.05, 0.1) is 7.57 Å². The number of thiophene rings is 2. The highest BCUT2D eigenvalue weighted by Gasteiger charge is 2.07. The summed E-state index contributed by atoms with van der Waals surface area (Å²) >= 11 is 11.2. The summed E-state index contributed by atoms with van der Waals surface area (Å²) in [6, 6.07) is 13.6. The van der Waals surface area contributed by atoms with Gasteiger partial charge in [0.25, 0.3) is 0 Å². The Labute approximate surface area is 307 Å². The molecule has 0 radical (unpaired) electrons. The highest BCUT2D eigenvalue weighted by Crippen LogP contribution is 2.32. The monoisotopic (exact) mass is 786 g/mol. The molecule has 254 valence electrons. The lowest BCUT2D eigenvalue weighted by atomic mass is 10.0. The SMILES string of the molecule is CCCCCCCCCCCCc1cc(Br)sc1/C=C/c1ccc(/C=C/c2sc(Br)cc2CCCCCCCCCCCC)cc1. The van der Waals surface area contributed by atoms with Gasteiger partial charge in [-0.3, -0.25) is 0 Å². The molecule has 0 aliphatic carbocycles. The number of hydrogen-bond donors (Lipinski definition) is 0. The summed E-state index contributed by atoms with van der Waals surface area (Å²) in [4.78, 5) is 2.79. The van der Waals surface area contributed by atoms with Gasteiger partial charge in [-0.2, -0.15) is 0 Å². The number of unbranched alkanes of at least 4 members (excludes halogenated alkanes) is 18. The molecule has 3 rings (SSSR count). The van der Waals surface area contributed by atoms with E-state index < -0.39 is 0 Å². The Morgan fingerprint density at radius 2 is 0.739 bits per heavy atom. The third kappa shape index (κ3) is 16.9. The van der Waals surface area contributed by atoms with E-state index in [0.717, 1.165) is 0 Å². The second kappa shape index (κ2) is 25.1. The molecule has 0 bridgehead atoms. The fourth-order valence-electron chi connectivity index (χ4n) is 6.16. The lowest BCUT2D eigenvalue weighted by Crippen LogP contribution is -1.87. The Kier molecular flexibility index (Phi) is 21.5. The zero-order chi connectivity index (χ0) is 32.7. The zero-order valence-corrected chi connectivity index (χ0v) is 33.7. The molecule has 0 aliphatic rings. The Morgan fingerprint density at radius 1 is 0.435 bits per heavy atom. The quantitative estimate of drug-likeness (QED) is 0.0711. The average molecular weight is 789 g/mol. The molecular weight excluding hydrogens is 728 g/mol. The normalized spacial score (nSPS) is 11.9. The van der Waals surface area contributed by atoms with Gasteiger partial charge in [0.2, 0.25) is 0 Å². The van der Waals surface area contributed by atoms with Crippen LogP contribution in [-0.2, 0) is 12.8 Å². The number of aryl methyl sites for hydroxylation is 2. The van der Waals surface area contributed by atoms with E-state index in [1.165, 1.54) is 181 Å². The maximum atomic E-state index is 3.74. The van der Waals surface area contributed by atoms with Crippen LogP contribution in [-0.4, -0.2) is 0 Å². The lowest BCUT2D eigenvalue weighted by Gasteiger charge is -2.03.